The zero-order valence-corrected chi connectivity index (χ0v) is 13.4. The van der Waals surface area contributed by atoms with Gasteiger partial charge >= 0.3 is 16.4 Å². The molecule has 2 aromatic carbocycles. The molecular weight excluding hydrogens is 364 g/mol. The highest BCUT2D eigenvalue weighted by Gasteiger charge is 2.15. The smallest absolute Gasteiger partial charge is 0.446 e. The third-order valence-electron chi connectivity index (χ3n) is 2.35. The Morgan fingerprint density at radius 3 is 1.75 bits per heavy atom. The lowest BCUT2D eigenvalue weighted by Crippen LogP contribution is -2.10. The van der Waals surface area contributed by atoms with Gasteiger partial charge in [-0.1, -0.05) is 30.3 Å². The van der Waals surface area contributed by atoms with Crippen LogP contribution >= 0.6 is 0 Å². The maximum atomic E-state index is 10.6. The van der Waals surface area contributed by atoms with E-state index in [1.807, 2.05) is 0 Å². The van der Waals surface area contributed by atoms with Crippen molar-refractivity contribution in [2.45, 2.75) is 4.90 Å². The number of carbonyl (C=O) groups is 1. The van der Waals surface area contributed by atoms with E-state index in [4.69, 9.17) is 14.2 Å². The van der Waals surface area contributed by atoms with Gasteiger partial charge in [-0.2, -0.15) is 16.8 Å². The Kier molecular flexibility index (Phi) is 6.42. The van der Waals surface area contributed by atoms with Gasteiger partial charge in [0.2, 0.25) is 0 Å². The number of aromatic carboxylic acids is 1. The first-order chi connectivity index (χ1) is 11.0. The van der Waals surface area contributed by atoms with E-state index >= 15 is 0 Å². The Hall–Kier alpha value is -2.47. The number of hydrogen-bond acceptors (Lipinski definition) is 6. The van der Waals surface area contributed by atoms with Crippen LogP contribution in [0.15, 0.2) is 59.5 Å². The summed E-state index contributed by atoms with van der Waals surface area (Å²) in [7, 11) is -8.70. The van der Waals surface area contributed by atoms with Gasteiger partial charge in [0.1, 0.15) is 5.56 Å². The molecule has 0 fully saturated rings. The Bertz CT molecular complexity index is 903. The highest BCUT2D eigenvalue weighted by atomic mass is 32.3. The molecule has 11 heteroatoms. The number of hydrogen-bond donors (Lipinski definition) is 3. The largest absolute Gasteiger partial charge is 0.478 e. The van der Waals surface area contributed by atoms with Crippen molar-refractivity contribution in [1.82, 2.24) is 0 Å². The SMILES string of the molecule is O=C(O)c1ccccc1OS(=O)(=O)O.O=S(=O)(O)c1ccccc1. The third kappa shape index (κ3) is 6.75. The van der Waals surface area contributed by atoms with Gasteiger partial charge in [-0.15, -0.1) is 0 Å². The molecule has 0 amide bonds. The van der Waals surface area contributed by atoms with Crippen LogP contribution in [0.4, 0.5) is 0 Å². The average Bonchev–Trinajstić information content (AvgIpc) is 2.46. The van der Waals surface area contributed by atoms with Gasteiger partial charge in [-0.05, 0) is 24.3 Å². The maximum absolute atomic E-state index is 10.6. The minimum Gasteiger partial charge on any atom is -0.478 e. The number of benzene rings is 2. The van der Waals surface area contributed by atoms with Crippen molar-refractivity contribution >= 4 is 26.5 Å². The fraction of sp³-hybridized carbons (Fsp3) is 0. The van der Waals surface area contributed by atoms with Crippen molar-refractivity contribution in [3.05, 3.63) is 60.2 Å². The van der Waals surface area contributed by atoms with E-state index in [0.29, 0.717) is 0 Å². The molecule has 0 atom stereocenters. The lowest BCUT2D eigenvalue weighted by molar-refractivity contribution is 0.0695. The van der Waals surface area contributed by atoms with E-state index in [-0.39, 0.29) is 10.5 Å². The zero-order chi connectivity index (χ0) is 18.4. The highest BCUT2D eigenvalue weighted by Crippen LogP contribution is 2.18. The van der Waals surface area contributed by atoms with Crippen molar-refractivity contribution in [3.63, 3.8) is 0 Å². The van der Waals surface area contributed by atoms with Crippen molar-refractivity contribution < 1.29 is 40.0 Å². The fourth-order valence-corrected chi connectivity index (χ4v) is 2.30. The van der Waals surface area contributed by atoms with Gasteiger partial charge in [0, 0.05) is 0 Å². The van der Waals surface area contributed by atoms with Crippen molar-refractivity contribution in [3.8, 4) is 5.75 Å². The van der Waals surface area contributed by atoms with Crippen LogP contribution in [0.5, 0.6) is 5.75 Å². The molecule has 0 aliphatic heterocycles. The standard InChI is InChI=1S/C7H6O6S.C6H6O3S/c8-7(9)5-3-1-2-4-6(5)13-14(10,11)12;7-10(8,9)6-4-2-1-3-5-6/h1-4H,(H,8,9)(H,10,11,12);1-5H,(H,7,8,9). The topological polar surface area (TPSA) is 155 Å². The Morgan fingerprint density at radius 2 is 1.33 bits per heavy atom. The second kappa shape index (κ2) is 7.88. The Balaban J connectivity index is 0.000000254. The maximum Gasteiger partial charge on any atom is 0.446 e. The van der Waals surface area contributed by atoms with Crippen LogP contribution in [-0.2, 0) is 20.5 Å². The van der Waals surface area contributed by atoms with Gasteiger partial charge in [0.05, 0.1) is 4.90 Å². The summed E-state index contributed by atoms with van der Waals surface area (Å²) in [6.45, 7) is 0. The predicted molar refractivity (Wildman–Crippen MR) is 81.8 cm³/mol. The molecule has 9 nitrogen and oxygen atoms in total. The zero-order valence-electron chi connectivity index (χ0n) is 11.8. The van der Waals surface area contributed by atoms with Crippen LogP contribution in [0.25, 0.3) is 0 Å². The van der Waals surface area contributed by atoms with Crippen molar-refractivity contribution in [2.24, 2.45) is 0 Å². The number of rotatable bonds is 4. The van der Waals surface area contributed by atoms with E-state index in [1.165, 1.54) is 24.3 Å². The van der Waals surface area contributed by atoms with Crippen molar-refractivity contribution in [1.29, 1.82) is 0 Å². The van der Waals surface area contributed by atoms with Gasteiger partial charge in [-0.25, -0.2) is 4.79 Å². The lowest BCUT2D eigenvalue weighted by atomic mass is 10.2. The summed E-state index contributed by atoms with van der Waals surface area (Å²) < 4.78 is 62.2. The molecule has 0 aliphatic rings. The van der Waals surface area contributed by atoms with Gasteiger partial charge < -0.3 is 9.29 Å². The summed E-state index contributed by atoms with van der Waals surface area (Å²) in [6, 6.07) is 12.5. The normalized spacial score (nSPS) is 11.1. The summed E-state index contributed by atoms with van der Waals surface area (Å²) in [4.78, 5) is 10.5. The Labute approximate surface area is 137 Å². The summed E-state index contributed by atoms with van der Waals surface area (Å²) in [5.41, 5.74) is -0.342. The van der Waals surface area contributed by atoms with Gasteiger partial charge in [0.25, 0.3) is 10.1 Å². The lowest BCUT2D eigenvalue weighted by Gasteiger charge is -2.03. The number of carboxylic acids is 1. The first-order valence-corrected chi connectivity index (χ1v) is 8.83. The molecule has 130 valence electrons. The molecule has 24 heavy (non-hydrogen) atoms. The van der Waals surface area contributed by atoms with Crippen LogP contribution in [0.2, 0.25) is 0 Å². The van der Waals surface area contributed by atoms with E-state index in [2.05, 4.69) is 4.18 Å². The number of para-hydroxylation sites is 1. The van der Waals surface area contributed by atoms with Crippen LogP contribution < -0.4 is 4.18 Å². The minimum atomic E-state index is -4.70. The molecule has 0 saturated carbocycles. The average molecular weight is 376 g/mol. The second-order valence-electron chi connectivity index (χ2n) is 4.10. The summed E-state index contributed by atoms with van der Waals surface area (Å²) >= 11 is 0. The van der Waals surface area contributed by atoms with Crippen molar-refractivity contribution in [2.75, 3.05) is 0 Å². The molecular formula is C13H12O9S2. The van der Waals surface area contributed by atoms with E-state index < -0.39 is 32.2 Å². The molecule has 0 spiro atoms. The van der Waals surface area contributed by atoms with Crippen LogP contribution in [0.1, 0.15) is 10.4 Å². The van der Waals surface area contributed by atoms with Crippen LogP contribution in [0, 0.1) is 0 Å². The summed E-state index contributed by atoms with van der Waals surface area (Å²) in [5.74, 6) is -1.77. The highest BCUT2D eigenvalue weighted by molar-refractivity contribution is 7.85. The molecule has 0 radical (unpaired) electrons. The Morgan fingerprint density at radius 1 is 0.833 bits per heavy atom. The molecule has 0 aromatic heterocycles. The third-order valence-corrected chi connectivity index (χ3v) is 3.61. The van der Waals surface area contributed by atoms with Crippen LogP contribution in [-0.4, -0.2) is 37.0 Å². The van der Waals surface area contributed by atoms with E-state index in [0.717, 1.165) is 12.1 Å². The first-order valence-electron chi connectivity index (χ1n) is 6.02. The van der Waals surface area contributed by atoms with Gasteiger partial charge in [0.15, 0.2) is 5.75 Å². The molecule has 0 unspecified atom stereocenters. The monoisotopic (exact) mass is 376 g/mol. The minimum absolute atomic E-state index is 0.0741. The molecule has 0 bridgehead atoms. The molecule has 0 aliphatic carbocycles. The van der Waals surface area contributed by atoms with E-state index in [1.54, 1.807) is 18.2 Å². The first kappa shape index (κ1) is 19.6. The fourth-order valence-electron chi connectivity index (χ4n) is 1.42. The molecule has 2 rings (SSSR count). The summed E-state index contributed by atoms with van der Waals surface area (Å²) in [5, 5.41) is 8.61. The molecule has 3 N–H and O–H groups in total. The van der Waals surface area contributed by atoms with Gasteiger partial charge in [-0.3, -0.25) is 9.11 Å². The van der Waals surface area contributed by atoms with Crippen LogP contribution in [0.3, 0.4) is 0 Å². The molecule has 0 heterocycles. The molecule has 2 aromatic rings. The number of carboxylic acid groups (broad SMARTS) is 1. The second-order valence-corrected chi connectivity index (χ2v) is 6.54. The molecule has 0 saturated heterocycles. The summed E-state index contributed by atoms with van der Waals surface area (Å²) in [6.07, 6.45) is 0. The quantitative estimate of drug-likeness (QED) is 0.673. The predicted octanol–water partition coefficient (Wildman–Crippen LogP) is 1.50. The van der Waals surface area contributed by atoms with E-state index in [9.17, 15) is 21.6 Å².